The van der Waals surface area contributed by atoms with Gasteiger partial charge in [-0.15, -0.1) is 11.5 Å². The minimum absolute atomic E-state index is 0. The van der Waals surface area contributed by atoms with Crippen LogP contribution in [0.5, 0.6) is 0 Å². The van der Waals surface area contributed by atoms with Gasteiger partial charge in [-0.1, -0.05) is 143 Å². The van der Waals surface area contributed by atoms with Gasteiger partial charge in [0.2, 0.25) is 0 Å². The molecule has 2 radical (unpaired) electrons. The first kappa shape index (κ1) is 77.8. The van der Waals surface area contributed by atoms with E-state index in [4.69, 9.17) is 10.6 Å². The number of benzene rings is 2. The van der Waals surface area contributed by atoms with Crippen LogP contribution in [0.1, 0.15) is 83.2 Å². The topological polar surface area (TPSA) is 99.7 Å². The maximum absolute atomic E-state index is 8.00. The fourth-order valence-electron chi connectivity index (χ4n) is 2.37. The van der Waals surface area contributed by atoms with E-state index in [1.54, 1.807) is 0 Å². The zero-order valence-corrected chi connectivity index (χ0v) is 26.1. The maximum atomic E-state index is 8.00. The Morgan fingerprint density at radius 3 is 1.57 bits per heavy atom. The van der Waals surface area contributed by atoms with Crippen LogP contribution in [-0.4, -0.2) is 33.3 Å². The van der Waals surface area contributed by atoms with Crippen LogP contribution in [-0.2, 0) is 91.2 Å². The van der Waals surface area contributed by atoms with Crippen molar-refractivity contribution in [3.05, 3.63) is 109 Å². The SMILES string of the molecule is C.C.C.C.C.C.C.C.C#CCO.CCc1cn(CCc2ccccc2)nn1.[CH3-].[CH3-].[N-]=[N+]=NCCc1ccccc1.[Y].[Y]. The van der Waals surface area contributed by atoms with Crippen molar-refractivity contribution in [2.24, 2.45) is 5.11 Å². The molecule has 0 bridgehead atoms. The third-order valence-electron chi connectivity index (χ3n) is 3.92. The molecule has 0 unspecified atom stereocenters. The van der Waals surface area contributed by atoms with Gasteiger partial charge < -0.3 is 20.0 Å². The van der Waals surface area contributed by atoms with E-state index in [9.17, 15) is 0 Å². The molecule has 3 aromatic rings. The molecule has 0 atom stereocenters. The first-order valence-electron chi connectivity index (χ1n) is 9.75. The number of hydrogen-bond donors (Lipinski definition) is 1. The Labute approximate surface area is 314 Å². The predicted molar refractivity (Wildman–Crippen MR) is 186 cm³/mol. The van der Waals surface area contributed by atoms with Crippen molar-refractivity contribution in [3.63, 3.8) is 0 Å². The molecule has 42 heavy (non-hydrogen) atoms. The average Bonchev–Trinajstić information content (AvgIpc) is 3.28. The molecule has 1 aromatic heterocycles. The zero-order chi connectivity index (χ0) is 21.9. The van der Waals surface area contributed by atoms with Crippen molar-refractivity contribution in [2.75, 3.05) is 13.2 Å². The molecule has 1 N–H and O–H groups in total. The van der Waals surface area contributed by atoms with Crippen LogP contribution < -0.4 is 0 Å². The number of aliphatic hydroxyl groups excluding tert-OH is 1. The smallest absolute Gasteiger partial charge is 0.103 e. The molecule has 0 aliphatic rings. The molecule has 7 nitrogen and oxygen atoms in total. The van der Waals surface area contributed by atoms with Crippen molar-refractivity contribution in [2.45, 2.75) is 92.1 Å². The number of hydrogen-bond acceptors (Lipinski definition) is 4. The summed E-state index contributed by atoms with van der Waals surface area (Å²) in [7, 11) is 0. The van der Waals surface area contributed by atoms with E-state index in [0.717, 1.165) is 31.5 Å². The normalized spacial score (nSPS) is 6.50. The Kier molecular flexibility index (Phi) is 103. The second kappa shape index (κ2) is 55.5. The molecule has 9 heteroatoms. The van der Waals surface area contributed by atoms with Crippen LogP contribution in [0, 0.1) is 27.2 Å². The van der Waals surface area contributed by atoms with Gasteiger partial charge in [-0.25, -0.2) is 0 Å². The molecule has 0 saturated carbocycles. The summed E-state index contributed by atoms with van der Waals surface area (Å²) in [5.41, 5.74) is 11.6. The minimum Gasteiger partial charge on any atom is -0.384 e. The Morgan fingerprint density at radius 2 is 1.24 bits per heavy atom. The van der Waals surface area contributed by atoms with Gasteiger partial charge in [0.25, 0.3) is 0 Å². The molecule has 2 aromatic carbocycles. The van der Waals surface area contributed by atoms with Gasteiger partial charge in [0.1, 0.15) is 6.61 Å². The minimum atomic E-state index is -0.153. The fraction of sp³-hybridized carbons (Fsp3) is 0.455. The molecule has 0 amide bonds. The third-order valence-corrected chi connectivity index (χ3v) is 3.92. The molecular formula is C33H66N6OY2-2. The monoisotopic (exact) mass is 740 g/mol. The van der Waals surface area contributed by atoms with Gasteiger partial charge in [0.15, 0.2) is 0 Å². The number of aliphatic hydroxyl groups is 1. The molecule has 0 saturated heterocycles. The van der Waals surface area contributed by atoms with E-state index < -0.39 is 0 Å². The largest absolute Gasteiger partial charge is 0.384 e. The van der Waals surface area contributed by atoms with Gasteiger partial charge in [0, 0.05) is 89.6 Å². The summed E-state index contributed by atoms with van der Waals surface area (Å²) in [5.74, 6) is 1.99. The molecule has 0 aliphatic heterocycles. The summed E-state index contributed by atoms with van der Waals surface area (Å²) in [4.78, 5) is 2.68. The summed E-state index contributed by atoms with van der Waals surface area (Å²) < 4.78 is 1.91. The van der Waals surface area contributed by atoms with Crippen LogP contribution in [0.3, 0.4) is 0 Å². The van der Waals surface area contributed by atoms with E-state index in [2.05, 4.69) is 58.0 Å². The number of aryl methyl sites for hydroxylation is 3. The van der Waals surface area contributed by atoms with Gasteiger partial charge >= 0.3 is 0 Å². The van der Waals surface area contributed by atoms with Crippen molar-refractivity contribution in [1.82, 2.24) is 15.0 Å². The summed E-state index contributed by atoms with van der Waals surface area (Å²) in [6.07, 6.45) is 9.33. The molecule has 0 spiro atoms. The summed E-state index contributed by atoms with van der Waals surface area (Å²) in [6, 6.07) is 20.4. The standard InChI is InChI=1S/C12H15N3.C8H9N3.C3H4O.8CH4.2CH3.2Y/c1-2-12-10-15(14-13-12)9-8-11-6-4-3-5-7-11;9-11-10-7-6-8-4-2-1-3-5-8;1-2-3-4;;;;;;;;;;;;/h3-7,10H,2,8-9H2,1H3;1-5H,6-7H2;1,4H,3H2;8*1H4;2*1H3;;/q;;;;;;;;;;;2*-1;;. The van der Waals surface area contributed by atoms with Gasteiger partial charge in [-0.3, -0.25) is 4.68 Å². The molecule has 3 rings (SSSR count). The van der Waals surface area contributed by atoms with Gasteiger partial charge in [-0.2, -0.15) is 0 Å². The number of aromatic nitrogens is 3. The van der Waals surface area contributed by atoms with Crippen molar-refractivity contribution in [1.29, 1.82) is 0 Å². The molecular weight excluding hydrogens is 674 g/mol. The Bertz CT molecular complexity index is 911. The summed E-state index contributed by atoms with van der Waals surface area (Å²) in [5, 5.41) is 19.2. The van der Waals surface area contributed by atoms with Gasteiger partial charge in [-0.05, 0) is 35.9 Å². The molecule has 1 heterocycles. The van der Waals surface area contributed by atoms with E-state index in [0.29, 0.717) is 6.54 Å². The first-order chi connectivity index (χ1) is 14.7. The Hall–Kier alpha value is -1.38. The van der Waals surface area contributed by atoms with Crippen molar-refractivity contribution >= 4 is 0 Å². The average molecular weight is 741 g/mol. The van der Waals surface area contributed by atoms with E-state index in [1.165, 1.54) is 11.1 Å². The Balaban J connectivity index is -0.0000000308. The third kappa shape index (κ3) is 40.8. The zero-order valence-electron chi connectivity index (χ0n) is 20.5. The van der Waals surface area contributed by atoms with Crippen molar-refractivity contribution < 1.29 is 70.5 Å². The fourth-order valence-corrected chi connectivity index (χ4v) is 2.37. The number of rotatable bonds is 7. The van der Waals surface area contributed by atoms with E-state index in [-0.39, 0.29) is 146 Å². The summed E-state index contributed by atoms with van der Waals surface area (Å²) >= 11 is 0. The van der Waals surface area contributed by atoms with Gasteiger partial charge in [0.05, 0.1) is 5.69 Å². The van der Waals surface area contributed by atoms with Crippen LogP contribution >= 0.6 is 0 Å². The number of nitrogens with zero attached hydrogens (tertiary/aromatic N) is 6. The van der Waals surface area contributed by atoms with Crippen LogP contribution in [0.4, 0.5) is 0 Å². The van der Waals surface area contributed by atoms with Crippen LogP contribution in [0.2, 0.25) is 0 Å². The molecule has 0 fully saturated rings. The predicted octanol–water partition coefficient (Wildman–Crippen LogP) is 10.2. The Morgan fingerprint density at radius 1 is 0.833 bits per heavy atom. The van der Waals surface area contributed by atoms with E-state index in [1.807, 2.05) is 53.2 Å². The molecule has 0 aliphatic carbocycles. The van der Waals surface area contributed by atoms with E-state index >= 15 is 0 Å². The number of azide groups is 1. The summed E-state index contributed by atoms with van der Waals surface area (Å²) in [6.45, 7) is 3.38. The van der Waals surface area contributed by atoms with Crippen molar-refractivity contribution in [3.8, 4) is 12.3 Å². The first-order valence-corrected chi connectivity index (χ1v) is 9.75. The number of terminal acetylenes is 1. The van der Waals surface area contributed by atoms with Crippen LogP contribution in [0.25, 0.3) is 10.4 Å². The molecule has 242 valence electrons. The van der Waals surface area contributed by atoms with Crippen LogP contribution in [0.15, 0.2) is 72.0 Å². The quantitative estimate of drug-likeness (QED) is 0.0858. The second-order valence-corrected chi connectivity index (χ2v) is 6.11. The second-order valence-electron chi connectivity index (χ2n) is 6.11. The maximum Gasteiger partial charge on any atom is 0.103 e.